The number of ether oxygens (including phenoxy) is 1. The summed E-state index contributed by atoms with van der Waals surface area (Å²) in [5.41, 5.74) is 5.73. The molecule has 38 heavy (non-hydrogen) atoms. The van der Waals surface area contributed by atoms with Crippen LogP contribution in [0.3, 0.4) is 0 Å². The summed E-state index contributed by atoms with van der Waals surface area (Å²) >= 11 is 0. The first-order chi connectivity index (χ1) is 18.5. The van der Waals surface area contributed by atoms with Crippen LogP contribution in [0.15, 0.2) is 72.8 Å². The zero-order valence-electron chi connectivity index (χ0n) is 22.4. The summed E-state index contributed by atoms with van der Waals surface area (Å²) < 4.78 is 5.41. The molecule has 5 rings (SSSR count). The first-order valence-corrected chi connectivity index (χ1v) is 13.6. The Labute approximate surface area is 225 Å². The van der Waals surface area contributed by atoms with Crippen LogP contribution >= 0.6 is 0 Å². The standard InChI is InChI=1S/C32H37N3O3/c1-34-22-27-9-4-3-8-26(27)21-29(34)32(37)33-28-14-11-23(12-15-28)24-17-19-35(20-18-24)31(36)16-13-25-7-5-6-10-30(25)38-2/h3-12,14-15,24,29H,13,16-22H2,1-2H3,(H,33,37). The molecular weight excluding hydrogens is 474 g/mol. The van der Waals surface area contributed by atoms with E-state index in [1.807, 2.05) is 54.4 Å². The zero-order valence-corrected chi connectivity index (χ0v) is 22.4. The van der Waals surface area contributed by atoms with Gasteiger partial charge in [-0.25, -0.2) is 0 Å². The second-order valence-electron chi connectivity index (χ2n) is 10.5. The minimum atomic E-state index is -0.172. The summed E-state index contributed by atoms with van der Waals surface area (Å²) in [7, 11) is 3.68. The summed E-state index contributed by atoms with van der Waals surface area (Å²) in [4.78, 5) is 30.0. The van der Waals surface area contributed by atoms with Gasteiger partial charge < -0.3 is 15.0 Å². The third kappa shape index (κ3) is 5.91. The van der Waals surface area contributed by atoms with Crippen molar-refractivity contribution in [3.8, 4) is 5.75 Å². The first kappa shape index (κ1) is 26.0. The molecule has 0 aromatic heterocycles. The second-order valence-corrected chi connectivity index (χ2v) is 10.5. The Morgan fingerprint density at radius 3 is 2.34 bits per heavy atom. The van der Waals surface area contributed by atoms with Crippen molar-refractivity contribution in [2.75, 3.05) is 32.6 Å². The summed E-state index contributed by atoms with van der Waals surface area (Å²) in [6.45, 7) is 2.35. The zero-order chi connectivity index (χ0) is 26.5. The molecule has 0 spiro atoms. The number of methoxy groups -OCH3 is 1. The third-order valence-electron chi connectivity index (χ3n) is 8.08. The van der Waals surface area contributed by atoms with Gasteiger partial charge in [-0.15, -0.1) is 0 Å². The molecule has 1 N–H and O–H groups in total. The molecule has 2 amide bonds. The molecular formula is C32H37N3O3. The number of benzene rings is 3. The average molecular weight is 512 g/mol. The van der Waals surface area contributed by atoms with Crippen LogP contribution in [0.5, 0.6) is 5.75 Å². The van der Waals surface area contributed by atoms with Crippen molar-refractivity contribution in [2.24, 2.45) is 0 Å². The summed E-state index contributed by atoms with van der Waals surface area (Å²) in [5, 5.41) is 3.12. The number of nitrogens with zero attached hydrogens (tertiary/aromatic N) is 2. The minimum Gasteiger partial charge on any atom is -0.496 e. The van der Waals surface area contributed by atoms with Crippen LogP contribution in [0.25, 0.3) is 0 Å². The Kier molecular flexibility index (Phi) is 8.08. The van der Waals surface area contributed by atoms with E-state index in [0.717, 1.165) is 55.9 Å². The lowest BCUT2D eigenvalue weighted by Crippen LogP contribution is -2.45. The Bertz CT molecular complexity index is 1260. The van der Waals surface area contributed by atoms with Gasteiger partial charge in [0, 0.05) is 31.7 Å². The number of rotatable bonds is 7. The number of piperidine rings is 1. The average Bonchev–Trinajstić information content (AvgIpc) is 2.96. The number of likely N-dealkylation sites (N-methyl/N-ethyl adjacent to an activating group) is 1. The molecule has 6 nitrogen and oxygen atoms in total. The number of para-hydroxylation sites is 1. The van der Waals surface area contributed by atoms with Gasteiger partial charge in [-0.3, -0.25) is 14.5 Å². The fraction of sp³-hybridized carbons (Fsp3) is 0.375. The summed E-state index contributed by atoms with van der Waals surface area (Å²) in [6.07, 6.45) is 3.84. The van der Waals surface area contributed by atoms with Crippen molar-refractivity contribution in [2.45, 2.75) is 50.6 Å². The van der Waals surface area contributed by atoms with Gasteiger partial charge in [0.05, 0.1) is 13.2 Å². The van der Waals surface area contributed by atoms with Gasteiger partial charge >= 0.3 is 0 Å². The lowest BCUT2D eigenvalue weighted by molar-refractivity contribution is -0.132. The van der Waals surface area contributed by atoms with Gasteiger partial charge in [-0.2, -0.15) is 0 Å². The maximum atomic E-state index is 13.1. The molecule has 0 aliphatic carbocycles. The van der Waals surface area contributed by atoms with E-state index < -0.39 is 0 Å². The summed E-state index contributed by atoms with van der Waals surface area (Å²) in [5.74, 6) is 1.52. The van der Waals surface area contributed by atoms with Crippen LogP contribution in [0, 0.1) is 0 Å². The number of hydrogen-bond donors (Lipinski definition) is 1. The van der Waals surface area contributed by atoms with Crippen molar-refractivity contribution < 1.29 is 14.3 Å². The Balaban J connectivity index is 1.10. The molecule has 2 aliphatic rings. The number of anilines is 1. The van der Waals surface area contributed by atoms with E-state index in [9.17, 15) is 9.59 Å². The van der Waals surface area contributed by atoms with Crippen LogP contribution in [0.4, 0.5) is 5.69 Å². The maximum absolute atomic E-state index is 13.1. The predicted molar refractivity (Wildman–Crippen MR) is 150 cm³/mol. The highest BCUT2D eigenvalue weighted by Gasteiger charge is 2.29. The molecule has 3 aromatic rings. The van der Waals surface area contributed by atoms with Gasteiger partial charge in [-0.1, -0.05) is 54.6 Å². The van der Waals surface area contributed by atoms with E-state index in [-0.39, 0.29) is 17.9 Å². The molecule has 1 fully saturated rings. The number of amides is 2. The highest BCUT2D eigenvalue weighted by atomic mass is 16.5. The normalized spacial score (nSPS) is 18.1. The Morgan fingerprint density at radius 2 is 1.61 bits per heavy atom. The minimum absolute atomic E-state index is 0.0368. The number of carbonyl (C=O) groups excluding carboxylic acids is 2. The molecule has 3 aromatic carbocycles. The van der Waals surface area contributed by atoms with E-state index in [1.165, 1.54) is 16.7 Å². The number of hydrogen-bond acceptors (Lipinski definition) is 4. The second kappa shape index (κ2) is 11.8. The molecule has 1 atom stereocenters. The van der Waals surface area contributed by atoms with E-state index >= 15 is 0 Å². The van der Waals surface area contributed by atoms with Crippen molar-refractivity contribution in [3.63, 3.8) is 0 Å². The molecule has 1 unspecified atom stereocenters. The topological polar surface area (TPSA) is 61.9 Å². The Hall–Kier alpha value is -3.64. The molecule has 6 heteroatoms. The fourth-order valence-electron chi connectivity index (χ4n) is 5.78. The predicted octanol–water partition coefficient (Wildman–Crippen LogP) is 5.03. The highest BCUT2D eigenvalue weighted by Crippen LogP contribution is 2.30. The van der Waals surface area contributed by atoms with E-state index in [2.05, 4.69) is 40.5 Å². The lowest BCUT2D eigenvalue weighted by Gasteiger charge is -2.33. The Morgan fingerprint density at radius 1 is 0.921 bits per heavy atom. The largest absolute Gasteiger partial charge is 0.496 e. The molecule has 0 bridgehead atoms. The van der Waals surface area contributed by atoms with Crippen LogP contribution in [-0.2, 0) is 29.0 Å². The summed E-state index contributed by atoms with van der Waals surface area (Å²) in [6, 6.07) is 24.4. The van der Waals surface area contributed by atoms with Crippen molar-refractivity contribution >= 4 is 17.5 Å². The number of nitrogens with one attached hydrogen (secondary N) is 1. The van der Waals surface area contributed by atoms with E-state index in [1.54, 1.807) is 7.11 Å². The molecule has 2 heterocycles. The van der Waals surface area contributed by atoms with E-state index in [4.69, 9.17) is 4.74 Å². The molecule has 0 saturated carbocycles. The van der Waals surface area contributed by atoms with Crippen molar-refractivity contribution in [1.29, 1.82) is 0 Å². The van der Waals surface area contributed by atoms with Crippen LogP contribution in [-0.4, -0.2) is 54.9 Å². The maximum Gasteiger partial charge on any atom is 0.242 e. The monoisotopic (exact) mass is 511 g/mol. The first-order valence-electron chi connectivity index (χ1n) is 13.6. The smallest absolute Gasteiger partial charge is 0.242 e. The van der Waals surface area contributed by atoms with Crippen molar-refractivity contribution in [1.82, 2.24) is 9.80 Å². The van der Waals surface area contributed by atoms with Crippen LogP contribution in [0.2, 0.25) is 0 Å². The SMILES string of the molecule is COc1ccccc1CCC(=O)N1CCC(c2ccc(NC(=O)C3Cc4ccccc4CN3C)cc2)CC1. The van der Waals surface area contributed by atoms with Crippen LogP contribution < -0.4 is 10.1 Å². The van der Waals surface area contributed by atoms with Gasteiger partial charge in [0.15, 0.2) is 0 Å². The number of carbonyl (C=O) groups is 2. The van der Waals surface area contributed by atoms with Gasteiger partial charge in [0.2, 0.25) is 11.8 Å². The molecule has 1 saturated heterocycles. The number of likely N-dealkylation sites (tertiary alicyclic amines) is 1. The molecule has 198 valence electrons. The molecule has 2 aliphatic heterocycles. The van der Waals surface area contributed by atoms with Gasteiger partial charge in [-0.05, 0) is 79.1 Å². The number of aryl methyl sites for hydroxylation is 1. The van der Waals surface area contributed by atoms with Crippen molar-refractivity contribution in [3.05, 3.63) is 95.1 Å². The third-order valence-corrected chi connectivity index (χ3v) is 8.08. The number of fused-ring (bicyclic) bond motifs is 1. The van der Waals surface area contributed by atoms with Gasteiger partial charge in [0.1, 0.15) is 5.75 Å². The quantitative estimate of drug-likeness (QED) is 0.483. The van der Waals surface area contributed by atoms with E-state index in [0.29, 0.717) is 18.8 Å². The molecule has 0 radical (unpaired) electrons. The highest BCUT2D eigenvalue weighted by molar-refractivity contribution is 5.95. The van der Waals surface area contributed by atoms with Crippen LogP contribution in [0.1, 0.15) is 47.4 Å². The lowest BCUT2D eigenvalue weighted by atomic mass is 9.89. The van der Waals surface area contributed by atoms with Gasteiger partial charge in [0.25, 0.3) is 0 Å². The fourth-order valence-corrected chi connectivity index (χ4v) is 5.78.